The Balaban J connectivity index is 1.30. The van der Waals surface area contributed by atoms with Crippen LogP contribution in [0.3, 0.4) is 0 Å². The first-order valence-corrected chi connectivity index (χ1v) is 16.1. The molecule has 3 fully saturated rings. The zero-order valence-electron chi connectivity index (χ0n) is 25.4. The highest BCUT2D eigenvalue weighted by Gasteiger charge is 2.73. The molecule has 2 aromatic carbocycles. The number of anilines is 1. The van der Waals surface area contributed by atoms with Crippen LogP contribution < -0.4 is 10.6 Å². The Labute approximate surface area is 259 Å². The number of benzene rings is 2. The molecule has 1 spiro atoms. The van der Waals surface area contributed by atoms with Crippen LogP contribution in [0, 0.1) is 30.6 Å². The van der Waals surface area contributed by atoms with Gasteiger partial charge in [-0.1, -0.05) is 86.8 Å². The molecule has 228 valence electrons. The van der Waals surface area contributed by atoms with Crippen molar-refractivity contribution in [2.24, 2.45) is 23.7 Å². The largest absolute Gasteiger partial charge is 0.359 e. The van der Waals surface area contributed by atoms with Crippen LogP contribution in [0.25, 0.3) is 0 Å². The van der Waals surface area contributed by atoms with E-state index in [0.717, 1.165) is 31.2 Å². The summed E-state index contributed by atoms with van der Waals surface area (Å²) in [6.07, 6.45) is 7.75. The summed E-state index contributed by atoms with van der Waals surface area (Å²) in [7, 11) is 0. The van der Waals surface area contributed by atoms with Crippen LogP contribution in [0.1, 0.15) is 57.6 Å². The molecule has 4 aliphatic rings. The quantitative estimate of drug-likeness (QED) is 0.379. The molecular weight excluding hydrogens is 562 g/mol. The Morgan fingerprint density at radius 1 is 1.12 bits per heavy atom. The predicted octanol–water partition coefficient (Wildman–Crippen LogP) is 5.70. The number of aryl methyl sites for hydroxylation is 2. The van der Waals surface area contributed by atoms with Crippen molar-refractivity contribution in [3.8, 4) is 0 Å². The summed E-state index contributed by atoms with van der Waals surface area (Å²) in [4.78, 5) is 44.3. The molecule has 9 atom stereocenters. The third-order valence-electron chi connectivity index (χ3n) is 10.5. The number of nitrogens with one attached hydrogen (secondary N) is 2. The van der Waals surface area contributed by atoms with Gasteiger partial charge >= 0.3 is 0 Å². The molecule has 43 heavy (non-hydrogen) atoms. The number of hydrogen-bond acceptors (Lipinski definition) is 4. The van der Waals surface area contributed by atoms with E-state index in [1.54, 1.807) is 17.0 Å². The number of carbonyl (C=O) groups is 3. The molecule has 1 saturated carbocycles. The minimum atomic E-state index is -1.19. The molecule has 2 bridgehead atoms. The van der Waals surface area contributed by atoms with E-state index >= 15 is 0 Å². The van der Waals surface area contributed by atoms with Crippen molar-refractivity contribution >= 4 is 35.0 Å². The maximum absolute atomic E-state index is 14.4. The van der Waals surface area contributed by atoms with E-state index in [4.69, 9.17) is 16.3 Å². The third kappa shape index (κ3) is 5.29. The van der Waals surface area contributed by atoms with Gasteiger partial charge in [0.25, 0.3) is 0 Å². The van der Waals surface area contributed by atoms with E-state index in [0.29, 0.717) is 29.0 Å². The third-order valence-corrected chi connectivity index (χ3v) is 10.9. The molecule has 2 saturated heterocycles. The van der Waals surface area contributed by atoms with E-state index in [9.17, 15) is 14.4 Å². The van der Waals surface area contributed by atoms with Gasteiger partial charge in [-0.2, -0.15) is 0 Å². The van der Waals surface area contributed by atoms with Crippen LogP contribution in [0.15, 0.2) is 60.7 Å². The molecule has 0 aromatic heterocycles. The van der Waals surface area contributed by atoms with Crippen molar-refractivity contribution < 1.29 is 19.1 Å². The summed E-state index contributed by atoms with van der Waals surface area (Å²) in [6.45, 7) is 8.34. The number of hydrogen-bond donors (Lipinski definition) is 2. The second-order valence-electron chi connectivity index (χ2n) is 13.2. The highest BCUT2D eigenvalue weighted by atomic mass is 35.5. The number of rotatable bonds is 8. The monoisotopic (exact) mass is 603 g/mol. The van der Waals surface area contributed by atoms with Gasteiger partial charge in [0.05, 0.1) is 17.9 Å². The number of carbonyl (C=O) groups excluding carboxylic acids is 3. The summed E-state index contributed by atoms with van der Waals surface area (Å²) in [5.41, 5.74) is 1.46. The highest BCUT2D eigenvalue weighted by Crippen LogP contribution is 2.56. The predicted molar refractivity (Wildman–Crippen MR) is 168 cm³/mol. The van der Waals surface area contributed by atoms with E-state index < -0.39 is 29.6 Å². The fourth-order valence-corrected chi connectivity index (χ4v) is 7.96. The number of ether oxygens (including phenoxy) is 1. The lowest BCUT2D eigenvalue weighted by atomic mass is 9.73. The molecule has 2 N–H and O–H groups in total. The van der Waals surface area contributed by atoms with Crippen LogP contribution in [0.4, 0.5) is 5.69 Å². The van der Waals surface area contributed by atoms with Gasteiger partial charge in [-0.15, -0.1) is 0 Å². The molecule has 6 unspecified atom stereocenters. The zero-order valence-corrected chi connectivity index (χ0v) is 26.1. The standard InChI is InChI=1S/C35H42ClN3O4/c1-20-9-8-12-27(23(20)4)38-33(41)31-35-18-17-28(43-35)29(32(40)37-25-16-13-21(2)26(36)19-25)30(35)34(42)39(31)22(3)14-15-24-10-6-5-7-11-24/h5-7,10-11,13,16-20,22-23,27-31H,8-9,12,14-15H2,1-4H3,(H,37,40)(H,38,41)/t20?,22?,23?,27?,28-,29?,30-,31?,35+/m0/s1. The first-order valence-electron chi connectivity index (χ1n) is 15.7. The van der Waals surface area contributed by atoms with Crippen molar-refractivity contribution in [2.75, 3.05) is 5.32 Å². The molecular formula is C35H42ClN3O4. The van der Waals surface area contributed by atoms with E-state index in [2.05, 4.69) is 36.6 Å². The number of halogens is 1. The molecule has 6 rings (SSSR count). The lowest BCUT2D eigenvalue weighted by molar-refractivity contribution is -0.144. The number of amides is 3. The smallest absolute Gasteiger partial charge is 0.246 e. The Morgan fingerprint density at radius 3 is 2.63 bits per heavy atom. The Bertz CT molecular complexity index is 1430. The molecule has 3 aliphatic heterocycles. The number of nitrogens with zero attached hydrogens (tertiary/aromatic N) is 1. The molecule has 7 nitrogen and oxygen atoms in total. The van der Waals surface area contributed by atoms with Crippen LogP contribution in [0.5, 0.6) is 0 Å². The van der Waals surface area contributed by atoms with Crippen molar-refractivity contribution in [2.45, 2.75) is 89.6 Å². The molecule has 2 aromatic rings. The fraction of sp³-hybridized carbons (Fsp3) is 0.514. The Hall–Kier alpha value is -3.16. The average molecular weight is 604 g/mol. The maximum Gasteiger partial charge on any atom is 0.246 e. The topological polar surface area (TPSA) is 87.7 Å². The van der Waals surface area contributed by atoms with Gasteiger partial charge < -0.3 is 20.3 Å². The Morgan fingerprint density at radius 2 is 1.88 bits per heavy atom. The van der Waals surface area contributed by atoms with Gasteiger partial charge in [0.1, 0.15) is 11.6 Å². The van der Waals surface area contributed by atoms with Crippen molar-refractivity contribution in [1.29, 1.82) is 0 Å². The zero-order chi connectivity index (χ0) is 30.5. The van der Waals surface area contributed by atoms with E-state index in [1.807, 2.05) is 50.3 Å². The second kappa shape index (κ2) is 11.7. The summed E-state index contributed by atoms with van der Waals surface area (Å²) in [5.74, 6) is -1.39. The number of likely N-dealkylation sites (tertiary alicyclic amines) is 1. The van der Waals surface area contributed by atoms with Gasteiger partial charge in [0, 0.05) is 22.8 Å². The average Bonchev–Trinajstić information content (AvgIpc) is 3.64. The summed E-state index contributed by atoms with van der Waals surface area (Å²) < 4.78 is 6.56. The van der Waals surface area contributed by atoms with Crippen LogP contribution >= 0.6 is 11.6 Å². The SMILES string of the molecule is Cc1ccc(NC(=O)C2[C@@H]3C=C[C@]4(O3)C(C(=O)NC3CCCC(C)C3C)N(C(C)CCc3ccccc3)C(=O)[C@H]24)cc1Cl. The first kappa shape index (κ1) is 29.9. The highest BCUT2D eigenvalue weighted by molar-refractivity contribution is 6.31. The summed E-state index contributed by atoms with van der Waals surface area (Å²) in [6, 6.07) is 14.5. The van der Waals surface area contributed by atoms with Crippen molar-refractivity contribution in [3.05, 3.63) is 76.8 Å². The van der Waals surface area contributed by atoms with E-state index in [-0.39, 0.29) is 29.8 Å². The van der Waals surface area contributed by atoms with Gasteiger partial charge in [0.2, 0.25) is 17.7 Å². The van der Waals surface area contributed by atoms with Gasteiger partial charge in [-0.3, -0.25) is 14.4 Å². The van der Waals surface area contributed by atoms with E-state index in [1.165, 1.54) is 5.56 Å². The minimum Gasteiger partial charge on any atom is -0.359 e. The Kier molecular flexibility index (Phi) is 8.16. The molecule has 1 aliphatic carbocycles. The van der Waals surface area contributed by atoms with Gasteiger partial charge in [-0.25, -0.2) is 0 Å². The summed E-state index contributed by atoms with van der Waals surface area (Å²) >= 11 is 6.32. The lowest BCUT2D eigenvalue weighted by Crippen LogP contribution is -2.59. The maximum atomic E-state index is 14.4. The minimum absolute atomic E-state index is 0.0382. The van der Waals surface area contributed by atoms with Crippen LogP contribution in [-0.4, -0.2) is 52.5 Å². The second-order valence-corrected chi connectivity index (χ2v) is 13.6. The molecule has 3 heterocycles. The van der Waals surface area contributed by atoms with Gasteiger partial charge in [0.15, 0.2) is 0 Å². The van der Waals surface area contributed by atoms with Gasteiger partial charge in [-0.05, 0) is 68.2 Å². The summed E-state index contributed by atoms with van der Waals surface area (Å²) in [5, 5.41) is 6.87. The molecule has 8 heteroatoms. The lowest BCUT2D eigenvalue weighted by Gasteiger charge is -2.39. The number of fused-ring (bicyclic) bond motifs is 1. The van der Waals surface area contributed by atoms with Crippen LogP contribution in [-0.2, 0) is 25.5 Å². The first-order chi connectivity index (χ1) is 20.6. The van der Waals surface area contributed by atoms with Crippen molar-refractivity contribution in [1.82, 2.24) is 10.2 Å². The normalized spacial score (nSPS) is 33.4. The molecule has 3 amide bonds. The molecule has 0 radical (unpaired) electrons. The van der Waals surface area contributed by atoms with Crippen LogP contribution in [0.2, 0.25) is 5.02 Å². The van der Waals surface area contributed by atoms with Crippen molar-refractivity contribution in [3.63, 3.8) is 0 Å². The fourth-order valence-electron chi connectivity index (χ4n) is 7.78.